The van der Waals surface area contributed by atoms with Gasteiger partial charge in [0.05, 0.1) is 6.10 Å². The van der Waals surface area contributed by atoms with Crippen LogP contribution in [0, 0.1) is 12.3 Å². The summed E-state index contributed by atoms with van der Waals surface area (Å²) in [6.45, 7) is 2.81. The molecule has 0 heterocycles. The molecule has 1 N–H and O–H groups in total. The quantitative estimate of drug-likeness (QED) is 0.850. The van der Waals surface area contributed by atoms with Gasteiger partial charge in [-0.1, -0.05) is 48.4 Å². The molecule has 2 rings (SSSR count). The summed E-state index contributed by atoms with van der Waals surface area (Å²) in [7, 11) is 2.02. The molecule has 0 unspecified atom stereocenters. The molecule has 0 saturated carbocycles. The van der Waals surface area contributed by atoms with Crippen molar-refractivity contribution in [3.63, 3.8) is 0 Å². The molecule has 2 nitrogen and oxygen atoms in total. The lowest BCUT2D eigenvalue weighted by Crippen LogP contribution is -2.33. The summed E-state index contributed by atoms with van der Waals surface area (Å²) >= 11 is 0. The van der Waals surface area contributed by atoms with Crippen LogP contribution in [0.5, 0.6) is 0 Å². The largest absolute Gasteiger partial charge is 0.387 e. The number of aliphatic hydroxyl groups is 1. The summed E-state index contributed by atoms with van der Waals surface area (Å²) in [6, 6.07) is 17.8. The van der Waals surface area contributed by atoms with Gasteiger partial charge in [0.2, 0.25) is 0 Å². The first-order valence-corrected chi connectivity index (χ1v) is 7.10. The van der Waals surface area contributed by atoms with Crippen LogP contribution in [-0.4, -0.2) is 23.1 Å². The molecule has 0 aliphatic rings. The van der Waals surface area contributed by atoms with Crippen molar-refractivity contribution < 1.29 is 5.11 Å². The maximum absolute atomic E-state index is 10.5. The van der Waals surface area contributed by atoms with Gasteiger partial charge in [-0.15, -0.1) is 6.42 Å². The molecule has 0 saturated heterocycles. The molecule has 0 fully saturated rings. The molecule has 0 amide bonds. The second kappa shape index (κ2) is 7.08. The first-order chi connectivity index (χ1) is 10.1. The maximum Gasteiger partial charge on any atom is 0.0942 e. The van der Waals surface area contributed by atoms with Gasteiger partial charge in [0, 0.05) is 18.2 Å². The Balaban J connectivity index is 2.02. The van der Waals surface area contributed by atoms with Crippen molar-refractivity contribution in [2.24, 2.45) is 0 Å². The average molecular weight is 279 g/mol. The smallest absolute Gasteiger partial charge is 0.0942 e. The first kappa shape index (κ1) is 15.3. The normalized spacial score (nSPS) is 13.7. The number of nitrogens with zero attached hydrogens (tertiary/aromatic N) is 1. The molecule has 0 bridgehead atoms. The lowest BCUT2D eigenvalue weighted by Gasteiger charge is -2.29. The number of benzene rings is 2. The van der Waals surface area contributed by atoms with Crippen LogP contribution >= 0.6 is 0 Å². The molecule has 2 atom stereocenters. The number of likely N-dealkylation sites (N-methyl/N-ethyl adjacent to an activating group) is 1. The third-order valence-electron chi connectivity index (χ3n) is 3.85. The summed E-state index contributed by atoms with van der Waals surface area (Å²) in [5, 5.41) is 10.5. The minimum Gasteiger partial charge on any atom is -0.387 e. The number of hydrogen-bond acceptors (Lipinski definition) is 2. The highest BCUT2D eigenvalue weighted by atomic mass is 16.3. The van der Waals surface area contributed by atoms with Crippen LogP contribution in [0.15, 0.2) is 54.6 Å². The van der Waals surface area contributed by atoms with Crippen molar-refractivity contribution >= 4 is 0 Å². The van der Waals surface area contributed by atoms with Gasteiger partial charge in [-0.05, 0) is 37.2 Å². The minimum atomic E-state index is -0.499. The van der Waals surface area contributed by atoms with Crippen LogP contribution in [0.2, 0.25) is 0 Å². The maximum atomic E-state index is 10.5. The van der Waals surface area contributed by atoms with Gasteiger partial charge in [-0.2, -0.15) is 0 Å². The van der Waals surface area contributed by atoms with E-state index in [1.807, 2.05) is 68.6 Å². The molecular weight excluding hydrogens is 258 g/mol. The van der Waals surface area contributed by atoms with E-state index in [0.717, 1.165) is 17.7 Å². The van der Waals surface area contributed by atoms with Gasteiger partial charge in [0.1, 0.15) is 0 Å². The van der Waals surface area contributed by atoms with Crippen molar-refractivity contribution in [3.05, 3.63) is 71.3 Å². The summed E-state index contributed by atoms with van der Waals surface area (Å²) in [5.41, 5.74) is 3.02. The second-order valence-corrected chi connectivity index (χ2v) is 5.35. The lowest BCUT2D eigenvalue weighted by molar-refractivity contribution is 0.0688. The predicted octanol–water partition coefficient (Wildman–Crippen LogP) is 3.22. The molecule has 2 heteroatoms. The van der Waals surface area contributed by atoms with Crippen LogP contribution in [0.4, 0.5) is 0 Å². The van der Waals surface area contributed by atoms with E-state index in [-0.39, 0.29) is 6.04 Å². The van der Waals surface area contributed by atoms with Crippen molar-refractivity contribution in [3.8, 4) is 12.3 Å². The van der Waals surface area contributed by atoms with Gasteiger partial charge in [-0.3, -0.25) is 4.90 Å². The van der Waals surface area contributed by atoms with Crippen LogP contribution in [0.25, 0.3) is 0 Å². The number of rotatable bonds is 5. The Labute approximate surface area is 127 Å². The van der Waals surface area contributed by atoms with Gasteiger partial charge >= 0.3 is 0 Å². The van der Waals surface area contributed by atoms with Gasteiger partial charge in [0.25, 0.3) is 0 Å². The van der Waals surface area contributed by atoms with E-state index < -0.39 is 6.10 Å². The Kier molecular flexibility index (Phi) is 5.16. The Morgan fingerprint density at radius 1 is 1.10 bits per heavy atom. The molecule has 0 aliphatic carbocycles. The molecule has 0 radical (unpaired) electrons. The predicted molar refractivity (Wildman–Crippen MR) is 86.7 cm³/mol. The standard InChI is InChI=1S/C19H21NO/c1-4-16-10-12-17(13-11-16)14-20(3)15(2)19(21)18-8-6-5-7-9-18/h1,5-13,15,19,21H,14H2,2-3H3/t15-,19-/m0/s1. The van der Waals surface area contributed by atoms with E-state index >= 15 is 0 Å². The van der Waals surface area contributed by atoms with Crippen molar-refractivity contribution in [2.45, 2.75) is 25.6 Å². The van der Waals surface area contributed by atoms with Crippen LogP contribution < -0.4 is 0 Å². The zero-order valence-electron chi connectivity index (χ0n) is 12.5. The van der Waals surface area contributed by atoms with Crippen molar-refractivity contribution in [2.75, 3.05) is 7.05 Å². The average Bonchev–Trinajstić information content (AvgIpc) is 2.55. The summed E-state index contributed by atoms with van der Waals surface area (Å²) in [5.74, 6) is 2.62. The topological polar surface area (TPSA) is 23.5 Å². The van der Waals surface area contributed by atoms with E-state index in [2.05, 4.69) is 10.8 Å². The fourth-order valence-electron chi connectivity index (χ4n) is 2.31. The third-order valence-corrected chi connectivity index (χ3v) is 3.85. The van der Waals surface area contributed by atoms with Gasteiger partial charge < -0.3 is 5.11 Å². The van der Waals surface area contributed by atoms with Gasteiger partial charge in [-0.25, -0.2) is 0 Å². The summed E-state index contributed by atoms with van der Waals surface area (Å²) in [4.78, 5) is 2.14. The van der Waals surface area contributed by atoms with Crippen molar-refractivity contribution in [1.82, 2.24) is 4.90 Å². The summed E-state index contributed by atoms with van der Waals surface area (Å²) in [6.07, 6.45) is 4.86. The minimum absolute atomic E-state index is 0.0275. The Hall–Kier alpha value is -2.08. The fourth-order valence-corrected chi connectivity index (χ4v) is 2.31. The van der Waals surface area contributed by atoms with E-state index in [1.165, 1.54) is 5.56 Å². The molecule has 2 aromatic carbocycles. The van der Waals surface area contributed by atoms with Crippen LogP contribution in [-0.2, 0) is 6.54 Å². The SMILES string of the molecule is C#Cc1ccc(CN(C)[C@@H](C)[C@H](O)c2ccccc2)cc1. The molecule has 2 aromatic rings. The van der Waals surface area contributed by atoms with Gasteiger partial charge in [0.15, 0.2) is 0 Å². The molecule has 108 valence electrons. The second-order valence-electron chi connectivity index (χ2n) is 5.35. The summed E-state index contributed by atoms with van der Waals surface area (Å²) < 4.78 is 0. The number of aliphatic hydroxyl groups excluding tert-OH is 1. The van der Waals surface area contributed by atoms with E-state index in [4.69, 9.17) is 6.42 Å². The van der Waals surface area contributed by atoms with E-state index in [9.17, 15) is 5.11 Å². The number of terminal acetylenes is 1. The molecule has 21 heavy (non-hydrogen) atoms. The first-order valence-electron chi connectivity index (χ1n) is 7.10. The molecular formula is C19H21NO. The lowest BCUT2D eigenvalue weighted by atomic mass is 10.0. The Bertz CT molecular complexity index is 598. The Morgan fingerprint density at radius 2 is 1.71 bits per heavy atom. The Morgan fingerprint density at radius 3 is 2.29 bits per heavy atom. The highest BCUT2D eigenvalue weighted by Crippen LogP contribution is 2.21. The highest BCUT2D eigenvalue weighted by molar-refractivity contribution is 5.34. The zero-order valence-corrected chi connectivity index (χ0v) is 12.5. The molecule has 0 spiro atoms. The monoisotopic (exact) mass is 279 g/mol. The molecule has 0 aliphatic heterocycles. The zero-order chi connectivity index (χ0) is 15.2. The van der Waals surface area contributed by atoms with Crippen LogP contribution in [0.3, 0.4) is 0 Å². The van der Waals surface area contributed by atoms with Crippen LogP contribution in [0.1, 0.15) is 29.7 Å². The third kappa shape index (κ3) is 3.95. The van der Waals surface area contributed by atoms with Crippen molar-refractivity contribution in [1.29, 1.82) is 0 Å². The fraction of sp³-hybridized carbons (Fsp3) is 0.263. The number of hydrogen-bond donors (Lipinski definition) is 1. The molecule has 0 aromatic heterocycles. The van der Waals surface area contributed by atoms with E-state index in [0.29, 0.717) is 0 Å². The van der Waals surface area contributed by atoms with E-state index in [1.54, 1.807) is 0 Å². The highest BCUT2D eigenvalue weighted by Gasteiger charge is 2.20.